The Balaban J connectivity index is 2.99. The van der Waals surface area contributed by atoms with Crippen LogP contribution in [0.4, 0.5) is 4.39 Å². The van der Waals surface area contributed by atoms with Crippen molar-refractivity contribution in [3.05, 3.63) is 23.9 Å². The monoisotopic (exact) mass is 266 g/mol. The summed E-state index contributed by atoms with van der Waals surface area (Å²) >= 11 is 0. The first-order valence-electron chi connectivity index (χ1n) is 5.50. The molecule has 0 aliphatic carbocycles. The molecule has 0 saturated carbocycles. The van der Waals surface area contributed by atoms with Gasteiger partial charge >= 0.3 is 0 Å². The van der Waals surface area contributed by atoms with Gasteiger partial charge in [0, 0.05) is 0 Å². The smallest absolute Gasteiger partial charge is 0.172 e. The quantitative estimate of drug-likeness (QED) is 0.263. The van der Waals surface area contributed by atoms with Crippen molar-refractivity contribution in [3.63, 3.8) is 0 Å². The van der Waals surface area contributed by atoms with Crippen LogP contribution in [0.2, 0.25) is 0 Å². The van der Waals surface area contributed by atoms with E-state index >= 15 is 0 Å². The third-order valence-corrected chi connectivity index (χ3v) is 2.10. The molecule has 0 amide bonds. The first kappa shape index (κ1) is 15.1. The van der Waals surface area contributed by atoms with Gasteiger partial charge in [-0.25, -0.2) is 9.38 Å². The Kier molecular flexibility index (Phi) is 5.42. The molecule has 0 radical (unpaired) electrons. The molecule has 6 heteroatoms. The first-order chi connectivity index (χ1) is 8.99. The summed E-state index contributed by atoms with van der Waals surface area (Å²) in [5.41, 5.74) is -0.365. The number of hydrogen-bond acceptors (Lipinski definition) is 5. The Labute approximate surface area is 110 Å². The maximum atomic E-state index is 12.6. The number of ether oxygens (including phenoxy) is 1. The molecule has 1 fully saturated rings. The van der Waals surface area contributed by atoms with Crippen LogP contribution in [0, 0.1) is 11.8 Å². The van der Waals surface area contributed by atoms with Gasteiger partial charge in [-0.05, 0) is 18.9 Å². The number of halogens is 1. The van der Waals surface area contributed by atoms with E-state index in [0.29, 0.717) is 5.57 Å². The maximum absolute atomic E-state index is 12.6. The Morgan fingerprint density at radius 3 is 2.68 bits per heavy atom. The average Bonchev–Trinajstić information content (AvgIpc) is 2.32. The van der Waals surface area contributed by atoms with Crippen molar-refractivity contribution in [1.82, 2.24) is 0 Å². The molecule has 1 saturated heterocycles. The van der Waals surface area contributed by atoms with Crippen LogP contribution < -0.4 is 0 Å². The van der Waals surface area contributed by atoms with Crippen LogP contribution in [0.15, 0.2) is 34.1 Å². The molecule has 102 valence electrons. The van der Waals surface area contributed by atoms with E-state index in [1.807, 2.05) is 0 Å². The van der Waals surface area contributed by atoms with Crippen molar-refractivity contribution in [2.75, 3.05) is 19.9 Å². The molecule has 0 unspecified atom stereocenters. The first-order valence-corrected chi connectivity index (χ1v) is 5.50. The fourth-order valence-corrected chi connectivity index (χ4v) is 1.19. The highest BCUT2D eigenvalue weighted by Crippen LogP contribution is 2.15. The zero-order chi connectivity index (χ0) is 14.3. The van der Waals surface area contributed by atoms with E-state index in [1.165, 1.54) is 6.08 Å². The van der Waals surface area contributed by atoms with Gasteiger partial charge in [-0.1, -0.05) is 23.2 Å². The molecular weight excluding hydrogens is 251 g/mol. The van der Waals surface area contributed by atoms with Gasteiger partial charge in [0.25, 0.3) is 0 Å². The summed E-state index contributed by atoms with van der Waals surface area (Å²) < 4.78 is 17.4. The highest BCUT2D eigenvalue weighted by Gasteiger charge is 2.33. The van der Waals surface area contributed by atoms with Gasteiger partial charge < -0.3 is 15.1 Å². The molecule has 1 aliphatic rings. The zero-order valence-corrected chi connectivity index (χ0v) is 10.6. The number of aliphatic hydroxyl groups is 1. The Bertz CT molecular complexity index is 494. The van der Waals surface area contributed by atoms with Crippen molar-refractivity contribution in [2.24, 2.45) is 10.1 Å². The Morgan fingerprint density at radius 2 is 2.26 bits per heavy atom. The molecule has 0 spiro atoms. The van der Waals surface area contributed by atoms with Crippen molar-refractivity contribution >= 4 is 11.9 Å². The van der Waals surface area contributed by atoms with E-state index in [9.17, 15) is 9.50 Å². The second kappa shape index (κ2) is 6.83. The van der Waals surface area contributed by atoms with Crippen LogP contribution in [0.3, 0.4) is 0 Å². The molecule has 0 aromatic rings. The summed E-state index contributed by atoms with van der Waals surface area (Å²) in [4.78, 5) is 3.89. The largest absolute Gasteiger partial charge is 0.411 e. The van der Waals surface area contributed by atoms with Crippen LogP contribution in [-0.2, 0) is 4.74 Å². The lowest BCUT2D eigenvalue weighted by molar-refractivity contribution is -0.140. The van der Waals surface area contributed by atoms with Crippen molar-refractivity contribution in [3.8, 4) is 11.8 Å². The molecular formula is C13H15FN2O3. The molecule has 0 aromatic carbocycles. The molecule has 2 N–H and O–H groups in total. The third-order valence-electron chi connectivity index (χ3n) is 2.10. The maximum Gasteiger partial charge on any atom is 0.172 e. The van der Waals surface area contributed by atoms with Gasteiger partial charge in [0.15, 0.2) is 5.60 Å². The SMILES string of the molecule is C=C(C)\C=C(C#CC1(O)COC1)/N=C(\C=N\O)CF. The number of oxime groups is 1. The number of allylic oxidation sites excluding steroid dienone is 3. The van der Waals surface area contributed by atoms with E-state index in [-0.39, 0.29) is 24.6 Å². The highest BCUT2D eigenvalue weighted by atomic mass is 19.1. The van der Waals surface area contributed by atoms with E-state index in [4.69, 9.17) is 9.94 Å². The number of alkyl halides is 1. The summed E-state index contributed by atoms with van der Waals surface area (Å²) in [5, 5.41) is 20.8. The molecule has 1 heterocycles. The van der Waals surface area contributed by atoms with Gasteiger partial charge in [0.1, 0.15) is 12.4 Å². The molecule has 1 aliphatic heterocycles. The van der Waals surface area contributed by atoms with Crippen molar-refractivity contribution in [1.29, 1.82) is 0 Å². The van der Waals surface area contributed by atoms with Crippen LogP contribution in [-0.4, -0.2) is 47.7 Å². The number of nitrogens with zero attached hydrogens (tertiary/aromatic N) is 2. The van der Waals surface area contributed by atoms with Gasteiger partial charge in [0.2, 0.25) is 0 Å². The minimum absolute atomic E-state index is 0.0823. The number of hydrogen-bond donors (Lipinski definition) is 2. The predicted molar refractivity (Wildman–Crippen MR) is 70.1 cm³/mol. The zero-order valence-electron chi connectivity index (χ0n) is 10.6. The van der Waals surface area contributed by atoms with Gasteiger partial charge in [-0.3, -0.25) is 0 Å². The Morgan fingerprint density at radius 1 is 1.58 bits per heavy atom. The van der Waals surface area contributed by atoms with Crippen LogP contribution in [0.1, 0.15) is 6.92 Å². The van der Waals surface area contributed by atoms with Gasteiger partial charge in [-0.2, -0.15) is 0 Å². The average molecular weight is 266 g/mol. The molecule has 1 rings (SSSR count). The van der Waals surface area contributed by atoms with Gasteiger partial charge in [0.05, 0.1) is 25.1 Å². The lowest BCUT2D eigenvalue weighted by atomic mass is 10.0. The fraction of sp³-hybridized carbons (Fsp3) is 0.385. The highest BCUT2D eigenvalue weighted by molar-refractivity contribution is 6.31. The fourth-order valence-electron chi connectivity index (χ4n) is 1.19. The van der Waals surface area contributed by atoms with Crippen LogP contribution in [0.5, 0.6) is 0 Å². The van der Waals surface area contributed by atoms with E-state index in [2.05, 4.69) is 28.6 Å². The lowest BCUT2D eigenvalue weighted by Gasteiger charge is -2.30. The van der Waals surface area contributed by atoms with Gasteiger partial charge in [-0.15, -0.1) is 0 Å². The summed E-state index contributed by atoms with van der Waals surface area (Å²) in [5.74, 6) is 5.25. The van der Waals surface area contributed by atoms with Crippen molar-refractivity contribution < 1.29 is 19.4 Å². The Hall–Kier alpha value is -1.97. The molecule has 0 bridgehead atoms. The summed E-state index contributed by atoms with van der Waals surface area (Å²) in [6, 6.07) is 0. The van der Waals surface area contributed by atoms with E-state index in [1.54, 1.807) is 6.92 Å². The third kappa shape index (κ3) is 5.04. The second-order valence-electron chi connectivity index (χ2n) is 4.13. The number of rotatable bonds is 4. The molecule has 0 atom stereocenters. The standard InChI is InChI=1S/C13H15FN2O3/c1-10(2)5-11(16-12(6-14)7-15-18)3-4-13(17)8-19-9-13/h5,7,17-18H,1,6,8-9H2,2H3/b11-5-,15-7+,16-12-. The van der Waals surface area contributed by atoms with Crippen molar-refractivity contribution in [2.45, 2.75) is 12.5 Å². The normalized spacial score (nSPS) is 18.7. The van der Waals surface area contributed by atoms with Crippen LogP contribution >= 0.6 is 0 Å². The predicted octanol–water partition coefficient (Wildman–Crippen LogP) is 1.08. The molecule has 0 aromatic heterocycles. The summed E-state index contributed by atoms with van der Waals surface area (Å²) in [6.45, 7) is 4.78. The summed E-state index contributed by atoms with van der Waals surface area (Å²) in [6.07, 6.45) is 2.42. The van der Waals surface area contributed by atoms with E-state index in [0.717, 1.165) is 6.21 Å². The lowest BCUT2D eigenvalue weighted by Crippen LogP contribution is -2.48. The number of aliphatic imine (C=N–C) groups is 1. The topological polar surface area (TPSA) is 74.4 Å². The summed E-state index contributed by atoms with van der Waals surface area (Å²) in [7, 11) is 0. The molecule has 19 heavy (non-hydrogen) atoms. The second-order valence-corrected chi connectivity index (χ2v) is 4.13. The minimum Gasteiger partial charge on any atom is -0.411 e. The molecule has 5 nitrogen and oxygen atoms in total. The van der Waals surface area contributed by atoms with Crippen LogP contribution in [0.25, 0.3) is 0 Å². The minimum atomic E-state index is -1.18. The van der Waals surface area contributed by atoms with E-state index < -0.39 is 12.3 Å².